The first-order chi connectivity index (χ1) is 10.1. The largest absolute Gasteiger partial charge is 0.461 e. The van der Waals surface area contributed by atoms with Gasteiger partial charge in [-0.25, -0.2) is 0 Å². The Bertz CT molecular complexity index is 622. The predicted molar refractivity (Wildman–Crippen MR) is 76.1 cm³/mol. The van der Waals surface area contributed by atoms with Gasteiger partial charge in [-0.15, -0.1) is 0 Å². The third-order valence-corrected chi connectivity index (χ3v) is 3.00. The molecule has 0 aliphatic rings. The van der Waals surface area contributed by atoms with Gasteiger partial charge in [0, 0.05) is 6.20 Å². The van der Waals surface area contributed by atoms with Gasteiger partial charge in [0.15, 0.2) is 0 Å². The summed E-state index contributed by atoms with van der Waals surface area (Å²) >= 11 is 0. The lowest BCUT2D eigenvalue weighted by molar-refractivity contribution is -0.149. The first kappa shape index (κ1) is 14.8. The van der Waals surface area contributed by atoms with Crippen LogP contribution >= 0.6 is 0 Å². The highest BCUT2D eigenvalue weighted by Crippen LogP contribution is 2.07. The summed E-state index contributed by atoms with van der Waals surface area (Å²) in [6.45, 7) is 2.33. The molecule has 1 aromatic heterocycles. The maximum Gasteiger partial charge on any atom is 0.310 e. The minimum Gasteiger partial charge on any atom is -0.461 e. The molecule has 0 fully saturated rings. The third kappa shape index (κ3) is 4.17. The number of benzene rings is 1. The van der Waals surface area contributed by atoms with Crippen molar-refractivity contribution in [1.82, 2.24) is 9.78 Å². The zero-order chi connectivity index (χ0) is 15.2. The van der Waals surface area contributed by atoms with Crippen molar-refractivity contribution in [2.24, 2.45) is 11.7 Å². The van der Waals surface area contributed by atoms with Gasteiger partial charge < -0.3 is 10.5 Å². The summed E-state index contributed by atoms with van der Waals surface area (Å²) in [4.78, 5) is 22.9. The Morgan fingerprint density at radius 1 is 1.33 bits per heavy atom. The standard InChI is InChI=1S/C15H17N3O3/c1-11(8-18-9-13(7-17-18)14(16)19)15(20)21-10-12-5-3-2-4-6-12/h2-7,9,11H,8,10H2,1H3,(H2,16,19). The summed E-state index contributed by atoms with van der Waals surface area (Å²) in [5.41, 5.74) is 6.40. The molecule has 1 amide bonds. The Balaban J connectivity index is 1.85. The average Bonchev–Trinajstić information content (AvgIpc) is 2.94. The van der Waals surface area contributed by atoms with E-state index >= 15 is 0 Å². The monoisotopic (exact) mass is 287 g/mol. The maximum absolute atomic E-state index is 11.9. The van der Waals surface area contributed by atoms with Crippen molar-refractivity contribution in [3.63, 3.8) is 0 Å². The van der Waals surface area contributed by atoms with E-state index < -0.39 is 5.91 Å². The summed E-state index contributed by atoms with van der Waals surface area (Å²) in [6, 6.07) is 9.47. The molecule has 2 rings (SSSR count). The second kappa shape index (κ2) is 6.69. The number of primary amides is 1. The molecule has 0 bridgehead atoms. The normalized spacial score (nSPS) is 11.9. The number of esters is 1. The number of rotatable bonds is 6. The van der Waals surface area contributed by atoms with Crippen molar-refractivity contribution < 1.29 is 14.3 Å². The lowest BCUT2D eigenvalue weighted by atomic mass is 10.2. The Labute approximate surface area is 122 Å². The number of nitrogens with two attached hydrogens (primary N) is 1. The van der Waals surface area contributed by atoms with Crippen LogP contribution in [0.15, 0.2) is 42.7 Å². The van der Waals surface area contributed by atoms with Gasteiger partial charge in [0.05, 0.1) is 24.2 Å². The molecule has 2 N–H and O–H groups in total. The van der Waals surface area contributed by atoms with Crippen molar-refractivity contribution in [3.05, 3.63) is 53.9 Å². The second-order valence-corrected chi connectivity index (χ2v) is 4.81. The fourth-order valence-corrected chi connectivity index (χ4v) is 1.82. The topological polar surface area (TPSA) is 87.2 Å². The van der Waals surface area contributed by atoms with E-state index in [0.717, 1.165) is 5.56 Å². The minimum absolute atomic E-state index is 0.246. The number of carbonyl (C=O) groups is 2. The fraction of sp³-hybridized carbons (Fsp3) is 0.267. The molecule has 1 heterocycles. The van der Waals surface area contributed by atoms with Gasteiger partial charge in [-0.2, -0.15) is 5.10 Å². The van der Waals surface area contributed by atoms with Crippen molar-refractivity contribution in [2.75, 3.05) is 0 Å². The average molecular weight is 287 g/mol. The van der Waals surface area contributed by atoms with E-state index in [0.29, 0.717) is 12.1 Å². The van der Waals surface area contributed by atoms with Crippen LogP contribution in [0.5, 0.6) is 0 Å². The lowest BCUT2D eigenvalue weighted by Crippen LogP contribution is -2.20. The van der Waals surface area contributed by atoms with Gasteiger partial charge in [0.25, 0.3) is 5.91 Å². The molecule has 0 saturated carbocycles. The molecule has 0 aliphatic heterocycles. The molecule has 0 aliphatic carbocycles. The van der Waals surface area contributed by atoms with E-state index in [1.54, 1.807) is 6.92 Å². The van der Waals surface area contributed by atoms with Gasteiger partial charge in [-0.1, -0.05) is 37.3 Å². The van der Waals surface area contributed by atoms with E-state index in [1.807, 2.05) is 30.3 Å². The van der Waals surface area contributed by atoms with Gasteiger partial charge >= 0.3 is 5.97 Å². The van der Waals surface area contributed by atoms with Crippen molar-refractivity contribution in [2.45, 2.75) is 20.1 Å². The molecule has 1 atom stereocenters. The van der Waals surface area contributed by atoms with Crippen LogP contribution in [0.4, 0.5) is 0 Å². The summed E-state index contributed by atoms with van der Waals surface area (Å²) in [5.74, 6) is -1.22. The molecular formula is C15H17N3O3. The summed E-state index contributed by atoms with van der Waals surface area (Å²) < 4.78 is 6.75. The molecule has 0 spiro atoms. The Morgan fingerprint density at radius 2 is 2.05 bits per heavy atom. The molecule has 0 radical (unpaired) electrons. The zero-order valence-electron chi connectivity index (χ0n) is 11.7. The number of aromatic nitrogens is 2. The smallest absolute Gasteiger partial charge is 0.310 e. The molecule has 110 valence electrons. The van der Waals surface area contributed by atoms with Crippen molar-refractivity contribution >= 4 is 11.9 Å². The number of hydrogen-bond donors (Lipinski definition) is 1. The molecule has 6 nitrogen and oxygen atoms in total. The summed E-state index contributed by atoms with van der Waals surface area (Å²) in [6.07, 6.45) is 2.90. The first-order valence-corrected chi connectivity index (χ1v) is 6.59. The minimum atomic E-state index is -0.541. The fourth-order valence-electron chi connectivity index (χ4n) is 1.82. The number of carbonyl (C=O) groups excluding carboxylic acids is 2. The van der Waals surface area contributed by atoms with Crippen LogP contribution in [0.2, 0.25) is 0 Å². The van der Waals surface area contributed by atoms with Crippen LogP contribution in [0.25, 0.3) is 0 Å². The zero-order valence-corrected chi connectivity index (χ0v) is 11.7. The van der Waals surface area contributed by atoms with Crippen molar-refractivity contribution in [1.29, 1.82) is 0 Å². The van der Waals surface area contributed by atoms with E-state index in [1.165, 1.54) is 17.1 Å². The molecule has 1 aromatic carbocycles. The highest BCUT2D eigenvalue weighted by molar-refractivity contribution is 5.92. The van der Waals surface area contributed by atoms with Gasteiger partial charge in [-0.05, 0) is 5.56 Å². The van der Waals surface area contributed by atoms with Crippen LogP contribution in [0.1, 0.15) is 22.8 Å². The van der Waals surface area contributed by atoms with E-state index in [9.17, 15) is 9.59 Å². The second-order valence-electron chi connectivity index (χ2n) is 4.81. The Morgan fingerprint density at radius 3 is 2.67 bits per heavy atom. The van der Waals surface area contributed by atoms with Gasteiger partial charge in [0.1, 0.15) is 6.61 Å². The van der Waals surface area contributed by atoms with Crippen LogP contribution in [0.3, 0.4) is 0 Å². The van der Waals surface area contributed by atoms with Crippen LogP contribution in [-0.2, 0) is 22.7 Å². The molecule has 2 aromatic rings. The Kier molecular flexibility index (Phi) is 4.71. The Hall–Kier alpha value is -2.63. The molecule has 1 unspecified atom stereocenters. The summed E-state index contributed by atoms with van der Waals surface area (Å²) in [7, 11) is 0. The van der Waals surface area contributed by atoms with Gasteiger partial charge in [-0.3, -0.25) is 14.3 Å². The van der Waals surface area contributed by atoms with E-state index in [2.05, 4.69) is 5.10 Å². The number of hydrogen-bond acceptors (Lipinski definition) is 4. The molecule has 0 saturated heterocycles. The predicted octanol–water partition coefficient (Wildman–Crippen LogP) is 1.36. The number of nitrogens with zero attached hydrogens (tertiary/aromatic N) is 2. The van der Waals surface area contributed by atoms with Gasteiger partial charge in [0.2, 0.25) is 0 Å². The number of ether oxygens (including phenoxy) is 1. The highest BCUT2D eigenvalue weighted by Gasteiger charge is 2.16. The van der Waals surface area contributed by atoms with Crippen LogP contribution in [-0.4, -0.2) is 21.7 Å². The number of amides is 1. The molecule has 21 heavy (non-hydrogen) atoms. The first-order valence-electron chi connectivity index (χ1n) is 6.59. The van der Waals surface area contributed by atoms with E-state index in [4.69, 9.17) is 10.5 Å². The van der Waals surface area contributed by atoms with Crippen LogP contribution < -0.4 is 5.73 Å². The van der Waals surface area contributed by atoms with Crippen molar-refractivity contribution in [3.8, 4) is 0 Å². The maximum atomic E-state index is 11.9. The molecule has 6 heteroatoms. The molecular weight excluding hydrogens is 270 g/mol. The summed E-state index contributed by atoms with van der Waals surface area (Å²) in [5, 5.41) is 3.99. The third-order valence-electron chi connectivity index (χ3n) is 3.00. The van der Waals surface area contributed by atoms with E-state index in [-0.39, 0.29) is 18.5 Å². The van der Waals surface area contributed by atoms with Crippen LogP contribution in [0, 0.1) is 5.92 Å². The quantitative estimate of drug-likeness (QED) is 0.813. The lowest BCUT2D eigenvalue weighted by Gasteiger charge is -2.11. The SMILES string of the molecule is CC(Cn1cc(C(N)=O)cn1)C(=O)OCc1ccccc1. The highest BCUT2D eigenvalue weighted by atomic mass is 16.5.